The van der Waals surface area contributed by atoms with E-state index in [4.69, 9.17) is 0 Å². The van der Waals surface area contributed by atoms with Crippen LogP contribution in [0, 0.1) is 17.3 Å². The van der Waals surface area contributed by atoms with E-state index in [1.807, 2.05) is 0 Å². The molecule has 4 bridgehead atoms. The predicted octanol–water partition coefficient (Wildman–Crippen LogP) is 4.43. The lowest BCUT2D eigenvalue weighted by molar-refractivity contribution is -0.172. The van der Waals surface area contributed by atoms with E-state index in [9.17, 15) is 5.11 Å². The highest BCUT2D eigenvalue weighted by atomic mass is 16.3. The molecule has 4 aliphatic carbocycles. The molecule has 2 nitrogen and oxygen atoms in total. The molecular formula is C20H35NO. The first-order valence-corrected chi connectivity index (χ1v) is 9.42. The second-order valence-corrected chi connectivity index (χ2v) is 9.20. The minimum atomic E-state index is -0.328. The van der Waals surface area contributed by atoms with Gasteiger partial charge in [-0.1, -0.05) is 11.6 Å². The second kappa shape index (κ2) is 5.94. The van der Waals surface area contributed by atoms with Gasteiger partial charge in [-0.3, -0.25) is 0 Å². The van der Waals surface area contributed by atoms with E-state index in [2.05, 4.69) is 39.1 Å². The molecule has 4 aliphatic rings. The Hall–Kier alpha value is -0.340. The van der Waals surface area contributed by atoms with Gasteiger partial charge in [0.2, 0.25) is 0 Å². The Morgan fingerprint density at radius 2 is 1.82 bits per heavy atom. The summed E-state index contributed by atoms with van der Waals surface area (Å²) in [5.74, 6) is 1.58. The Kier molecular flexibility index (Phi) is 4.46. The van der Waals surface area contributed by atoms with Gasteiger partial charge in [0, 0.05) is 12.1 Å². The van der Waals surface area contributed by atoms with Crippen molar-refractivity contribution in [2.24, 2.45) is 17.3 Å². The van der Waals surface area contributed by atoms with Crippen LogP contribution in [0.3, 0.4) is 0 Å². The van der Waals surface area contributed by atoms with Crippen molar-refractivity contribution >= 4 is 0 Å². The minimum absolute atomic E-state index is 0.328. The van der Waals surface area contributed by atoms with Crippen molar-refractivity contribution < 1.29 is 5.11 Å². The van der Waals surface area contributed by atoms with Crippen LogP contribution in [0.1, 0.15) is 79.1 Å². The van der Waals surface area contributed by atoms with Gasteiger partial charge in [-0.25, -0.2) is 0 Å². The van der Waals surface area contributed by atoms with Crippen molar-refractivity contribution in [3.63, 3.8) is 0 Å². The fourth-order valence-corrected chi connectivity index (χ4v) is 6.10. The lowest BCUT2D eigenvalue weighted by Gasteiger charge is -2.62. The monoisotopic (exact) mass is 305 g/mol. The van der Waals surface area contributed by atoms with Crippen molar-refractivity contribution in [3.05, 3.63) is 11.6 Å². The van der Waals surface area contributed by atoms with Gasteiger partial charge in [-0.15, -0.1) is 0 Å². The molecule has 0 heterocycles. The van der Waals surface area contributed by atoms with Crippen LogP contribution in [0.15, 0.2) is 11.6 Å². The third kappa shape index (κ3) is 3.28. The molecule has 4 atom stereocenters. The number of aliphatic hydroxyl groups is 1. The summed E-state index contributed by atoms with van der Waals surface area (Å²) in [5.41, 5.74) is 1.46. The Bertz CT molecular complexity index is 423. The SMILES string of the molecule is CC(C)=CCC[C@H](C)N[C@@H](C)C12C[C@H]3C[C@@H](CC(O)(C3)C1)C2. The van der Waals surface area contributed by atoms with Gasteiger partial charge >= 0.3 is 0 Å². The maximum atomic E-state index is 10.9. The van der Waals surface area contributed by atoms with Crippen molar-refractivity contribution in [3.8, 4) is 0 Å². The Morgan fingerprint density at radius 1 is 1.18 bits per heavy atom. The molecule has 0 aromatic carbocycles. The lowest BCUT2D eigenvalue weighted by atomic mass is 9.46. The predicted molar refractivity (Wildman–Crippen MR) is 92.8 cm³/mol. The van der Waals surface area contributed by atoms with E-state index >= 15 is 0 Å². The van der Waals surface area contributed by atoms with E-state index in [0.29, 0.717) is 17.5 Å². The molecule has 0 amide bonds. The average molecular weight is 306 g/mol. The zero-order valence-electron chi connectivity index (χ0n) is 15.0. The summed E-state index contributed by atoms with van der Waals surface area (Å²) in [7, 11) is 0. The largest absolute Gasteiger partial charge is 0.390 e. The van der Waals surface area contributed by atoms with Crippen molar-refractivity contribution in [2.75, 3.05) is 0 Å². The summed E-state index contributed by atoms with van der Waals surface area (Å²) >= 11 is 0. The molecule has 0 aliphatic heterocycles. The maximum absolute atomic E-state index is 10.9. The van der Waals surface area contributed by atoms with Crippen molar-refractivity contribution in [1.82, 2.24) is 5.32 Å². The summed E-state index contributed by atoms with van der Waals surface area (Å²) in [6, 6.07) is 1.10. The van der Waals surface area contributed by atoms with Gasteiger partial charge in [0.25, 0.3) is 0 Å². The molecule has 0 aromatic heterocycles. The smallest absolute Gasteiger partial charge is 0.0659 e. The molecule has 0 unspecified atom stereocenters. The molecule has 4 rings (SSSR count). The number of hydrogen-bond acceptors (Lipinski definition) is 2. The maximum Gasteiger partial charge on any atom is 0.0659 e. The molecule has 22 heavy (non-hydrogen) atoms. The van der Waals surface area contributed by atoms with E-state index in [0.717, 1.165) is 31.1 Å². The van der Waals surface area contributed by atoms with Crippen LogP contribution < -0.4 is 5.32 Å². The quantitative estimate of drug-likeness (QED) is 0.711. The molecule has 0 spiro atoms. The van der Waals surface area contributed by atoms with Crippen LogP contribution >= 0.6 is 0 Å². The topological polar surface area (TPSA) is 32.3 Å². The van der Waals surface area contributed by atoms with Gasteiger partial charge in [-0.2, -0.15) is 0 Å². The highest BCUT2D eigenvalue weighted by molar-refractivity contribution is 5.11. The molecule has 0 saturated heterocycles. The highest BCUT2D eigenvalue weighted by Gasteiger charge is 2.58. The summed E-state index contributed by atoms with van der Waals surface area (Å²) in [4.78, 5) is 0. The van der Waals surface area contributed by atoms with Crippen LogP contribution in [0.5, 0.6) is 0 Å². The second-order valence-electron chi connectivity index (χ2n) is 9.20. The van der Waals surface area contributed by atoms with E-state index < -0.39 is 0 Å². The summed E-state index contributed by atoms with van der Waals surface area (Å²) in [6.45, 7) is 9.06. The number of hydrogen-bond donors (Lipinski definition) is 2. The van der Waals surface area contributed by atoms with Gasteiger partial charge < -0.3 is 10.4 Å². The summed E-state index contributed by atoms with van der Waals surface area (Å²) in [5, 5.41) is 14.8. The fraction of sp³-hybridized carbons (Fsp3) is 0.900. The molecular weight excluding hydrogens is 270 g/mol. The lowest BCUT2D eigenvalue weighted by Crippen LogP contribution is -2.61. The minimum Gasteiger partial charge on any atom is -0.390 e. The summed E-state index contributed by atoms with van der Waals surface area (Å²) in [6.07, 6.45) is 12.0. The van der Waals surface area contributed by atoms with E-state index in [1.54, 1.807) is 0 Å². The number of nitrogens with one attached hydrogen (secondary N) is 1. The molecule has 0 radical (unpaired) electrons. The Morgan fingerprint density at radius 3 is 2.36 bits per heavy atom. The van der Waals surface area contributed by atoms with Gasteiger partial charge in [-0.05, 0) is 96.3 Å². The third-order valence-electron chi connectivity index (χ3n) is 6.68. The molecule has 0 aromatic rings. The van der Waals surface area contributed by atoms with Crippen molar-refractivity contribution in [2.45, 2.75) is 96.7 Å². The number of rotatable bonds is 6. The molecule has 126 valence electrons. The highest BCUT2D eigenvalue weighted by Crippen LogP contribution is 2.62. The Balaban J connectivity index is 1.60. The van der Waals surface area contributed by atoms with E-state index in [-0.39, 0.29) is 5.60 Å². The molecule has 2 N–H and O–H groups in total. The van der Waals surface area contributed by atoms with Gasteiger partial charge in [0.15, 0.2) is 0 Å². The first-order chi connectivity index (χ1) is 10.3. The molecule has 4 saturated carbocycles. The van der Waals surface area contributed by atoms with Crippen LogP contribution in [-0.4, -0.2) is 22.8 Å². The van der Waals surface area contributed by atoms with Crippen LogP contribution in [0.2, 0.25) is 0 Å². The molecule has 4 fully saturated rings. The van der Waals surface area contributed by atoms with Crippen LogP contribution in [0.25, 0.3) is 0 Å². The first-order valence-electron chi connectivity index (χ1n) is 9.42. The zero-order valence-corrected chi connectivity index (χ0v) is 15.0. The van der Waals surface area contributed by atoms with Gasteiger partial charge in [0.1, 0.15) is 0 Å². The van der Waals surface area contributed by atoms with Crippen LogP contribution in [0.4, 0.5) is 0 Å². The van der Waals surface area contributed by atoms with Gasteiger partial charge in [0.05, 0.1) is 5.60 Å². The normalized spacial score (nSPS) is 42.2. The standard InChI is InChI=1S/C20H35NO/c1-14(2)6-5-7-15(3)21-16(4)19-9-17-8-18(10-19)12-20(22,11-17)13-19/h6,15-18,21-22H,5,7-13H2,1-4H3/t15-,16-,17+,18+,19?,20?/m0/s1. The molecule has 2 heteroatoms. The van der Waals surface area contributed by atoms with E-state index in [1.165, 1.54) is 37.7 Å². The number of allylic oxidation sites excluding steroid dienone is 2. The summed E-state index contributed by atoms with van der Waals surface area (Å²) < 4.78 is 0. The zero-order chi connectivity index (χ0) is 16.0. The average Bonchev–Trinajstić information content (AvgIpc) is 2.34. The first kappa shape index (κ1) is 16.5. The van der Waals surface area contributed by atoms with Crippen LogP contribution in [-0.2, 0) is 0 Å². The fourth-order valence-electron chi connectivity index (χ4n) is 6.10. The Labute approximate surface area is 136 Å². The van der Waals surface area contributed by atoms with Crippen molar-refractivity contribution in [1.29, 1.82) is 0 Å². The third-order valence-corrected chi connectivity index (χ3v) is 6.68.